The Bertz CT molecular complexity index is 614. The number of nitrogens with two attached hydrogens (primary N) is 1. The molecule has 0 aromatic heterocycles. The van der Waals surface area contributed by atoms with Gasteiger partial charge in [-0.15, -0.1) is 0 Å². The molecule has 0 spiro atoms. The second-order valence-corrected chi connectivity index (χ2v) is 7.07. The number of methoxy groups -OCH3 is 1. The lowest BCUT2D eigenvalue weighted by Crippen LogP contribution is -2.41. The minimum absolute atomic E-state index is 0.261. The standard InChI is InChI=1S/C18H26N2O4/c1-18(2,3)24-17(22)20-9-7-12(8-10-20)13-5-6-14(16(19)21)15(11-13)23-4/h5-6,11-12H,7-10H2,1-4H3,(H2,19,21). The highest BCUT2D eigenvalue weighted by Gasteiger charge is 2.28. The van der Waals surface area contributed by atoms with Gasteiger partial charge in [0.25, 0.3) is 5.91 Å². The van der Waals surface area contributed by atoms with E-state index in [-0.39, 0.29) is 6.09 Å². The number of carbonyl (C=O) groups excluding carboxylic acids is 2. The summed E-state index contributed by atoms with van der Waals surface area (Å²) < 4.78 is 10.7. The fourth-order valence-electron chi connectivity index (χ4n) is 2.89. The van der Waals surface area contributed by atoms with Crippen molar-refractivity contribution in [1.29, 1.82) is 0 Å². The largest absolute Gasteiger partial charge is 0.496 e. The van der Waals surface area contributed by atoms with Gasteiger partial charge in [-0.3, -0.25) is 4.79 Å². The number of piperidine rings is 1. The van der Waals surface area contributed by atoms with E-state index in [4.69, 9.17) is 15.2 Å². The van der Waals surface area contributed by atoms with Gasteiger partial charge >= 0.3 is 6.09 Å². The fraction of sp³-hybridized carbons (Fsp3) is 0.556. The number of carbonyl (C=O) groups is 2. The molecule has 0 atom stereocenters. The lowest BCUT2D eigenvalue weighted by molar-refractivity contribution is 0.0204. The van der Waals surface area contributed by atoms with E-state index in [0.717, 1.165) is 18.4 Å². The SMILES string of the molecule is COc1cc(C2CCN(C(=O)OC(C)(C)C)CC2)ccc1C(N)=O. The van der Waals surface area contributed by atoms with E-state index in [2.05, 4.69) is 0 Å². The van der Waals surface area contributed by atoms with Crippen LogP contribution < -0.4 is 10.5 Å². The average Bonchev–Trinajstić information content (AvgIpc) is 2.52. The normalized spacial score (nSPS) is 15.9. The quantitative estimate of drug-likeness (QED) is 0.921. The van der Waals surface area contributed by atoms with Crippen LogP contribution in [0.4, 0.5) is 4.79 Å². The van der Waals surface area contributed by atoms with E-state index in [0.29, 0.717) is 30.3 Å². The Balaban J connectivity index is 2.02. The van der Waals surface area contributed by atoms with Crippen LogP contribution in [0.3, 0.4) is 0 Å². The maximum atomic E-state index is 12.1. The molecule has 2 rings (SSSR count). The molecule has 1 fully saturated rings. The first-order chi connectivity index (χ1) is 11.2. The molecular formula is C18H26N2O4. The summed E-state index contributed by atoms with van der Waals surface area (Å²) >= 11 is 0. The summed E-state index contributed by atoms with van der Waals surface area (Å²) in [4.78, 5) is 25.2. The smallest absolute Gasteiger partial charge is 0.410 e. The number of ether oxygens (including phenoxy) is 2. The Labute approximate surface area is 142 Å². The summed E-state index contributed by atoms with van der Waals surface area (Å²) in [6.07, 6.45) is 1.43. The highest BCUT2D eigenvalue weighted by Crippen LogP contribution is 2.32. The molecule has 24 heavy (non-hydrogen) atoms. The molecule has 132 valence electrons. The Hall–Kier alpha value is -2.24. The molecule has 1 aromatic carbocycles. The predicted molar refractivity (Wildman–Crippen MR) is 91.3 cm³/mol. The van der Waals surface area contributed by atoms with Crippen LogP contribution in [0.25, 0.3) is 0 Å². The molecule has 0 radical (unpaired) electrons. The molecule has 2 N–H and O–H groups in total. The summed E-state index contributed by atoms with van der Waals surface area (Å²) in [5.74, 6) is 0.312. The number of hydrogen-bond acceptors (Lipinski definition) is 4. The average molecular weight is 334 g/mol. The number of amides is 2. The summed E-state index contributed by atoms with van der Waals surface area (Å²) in [5, 5.41) is 0. The van der Waals surface area contributed by atoms with E-state index >= 15 is 0 Å². The molecule has 0 saturated carbocycles. The maximum absolute atomic E-state index is 12.1. The Morgan fingerprint density at radius 1 is 1.21 bits per heavy atom. The van der Waals surface area contributed by atoms with E-state index in [1.807, 2.05) is 32.9 Å². The van der Waals surface area contributed by atoms with Gasteiger partial charge in [-0.25, -0.2) is 4.79 Å². The van der Waals surface area contributed by atoms with Crippen LogP contribution in [0, 0.1) is 0 Å². The van der Waals surface area contributed by atoms with Gasteiger partial charge in [-0.1, -0.05) is 6.07 Å². The molecule has 1 aromatic rings. The van der Waals surface area contributed by atoms with Gasteiger partial charge in [0.15, 0.2) is 0 Å². The summed E-state index contributed by atoms with van der Waals surface area (Å²) in [6.45, 7) is 6.90. The second kappa shape index (κ2) is 7.11. The highest BCUT2D eigenvalue weighted by molar-refractivity contribution is 5.95. The number of rotatable bonds is 3. The number of primary amides is 1. The minimum atomic E-state index is -0.502. The molecular weight excluding hydrogens is 308 g/mol. The van der Waals surface area contributed by atoms with Crippen LogP contribution >= 0.6 is 0 Å². The van der Waals surface area contributed by atoms with Gasteiger partial charge in [0.05, 0.1) is 12.7 Å². The molecule has 1 aliphatic rings. The number of hydrogen-bond donors (Lipinski definition) is 1. The van der Waals surface area contributed by atoms with E-state index in [1.54, 1.807) is 11.0 Å². The minimum Gasteiger partial charge on any atom is -0.496 e. The maximum Gasteiger partial charge on any atom is 0.410 e. The third-order valence-corrected chi connectivity index (χ3v) is 4.11. The molecule has 1 saturated heterocycles. The molecule has 1 aliphatic heterocycles. The Morgan fingerprint density at radius 2 is 1.83 bits per heavy atom. The first-order valence-electron chi connectivity index (χ1n) is 8.17. The van der Waals surface area contributed by atoms with Crippen molar-refractivity contribution >= 4 is 12.0 Å². The summed E-state index contributed by atoms with van der Waals surface area (Å²) in [5.41, 5.74) is 6.34. The topological polar surface area (TPSA) is 81.9 Å². The van der Waals surface area contributed by atoms with Crippen LogP contribution in [0.2, 0.25) is 0 Å². The van der Waals surface area contributed by atoms with Gasteiger partial charge in [0, 0.05) is 13.1 Å². The highest BCUT2D eigenvalue weighted by atomic mass is 16.6. The zero-order chi connectivity index (χ0) is 17.9. The van der Waals surface area contributed by atoms with E-state index in [1.165, 1.54) is 7.11 Å². The van der Waals surface area contributed by atoms with Crippen LogP contribution in [-0.4, -0.2) is 42.7 Å². The number of nitrogens with zero attached hydrogens (tertiary/aromatic N) is 1. The molecule has 6 heteroatoms. The molecule has 6 nitrogen and oxygen atoms in total. The van der Waals surface area contributed by atoms with Crippen LogP contribution in [0.1, 0.15) is 55.5 Å². The number of benzene rings is 1. The first kappa shape index (κ1) is 18.1. The Morgan fingerprint density at radius 3 is 2.33 bits per heavy atom. The van der Waals surface area contributed by atoms with Crippen molar-refractivity contribution in [2.45, 2.75) is 45.1 Å². The lowest BCUT2D eigenvalue weighted by Gasteiger charge is -2.33. The zero-order valence-electron chi connectivity index (χ0n) is 14.8. The zero-order valence-corrected chi connectivity index (χ0v) is 14.8. The van der Waals surface area contributed by atoms with Crippen molar-refractivity contribution in [2.24, 2.45) is 5.73 Å². The van der Waals surface area contributed by atoms with E-state index in [9.17, 15) is 9.59 Å². The third-order valence-electron chi connectivity index (χ3n) is 4.11. The van der Waals surface area contributed by atoms with Gasteiger partial charge < -0.3 is 20.1 Å². The summed E-state index contributed by atoms with van der Waals surface area (Å²) in [6, 6.07) is 5.49. The fourth-order valence-corrected chi connectivity index (χ4v) is 2.89. The van der Waals surface area contributed by atoms with Crippen LogP contribution in [-0.2, 0) is 4.74 Å². The predicted octanol–water partition coefficient (Wildman–Crippen LogP) is 2.91. The van der Waals surface area contributed by atoms with Gasteiger partial charge in [0.1, 0.15) is 11.4 Å². The van der Waals surface area contributed by atoms with Crippen molar-refractivity contribution < 1.29 is 19.1 Å². The van der Waals surface area contributed by atoms with Gasteiger partial charge in [-0.2, -0.15) is 0 Å². The first-order valence-corrected chi connectivity index (χ1v) is 8.17. The van der Waals surface area contributed by atoms with Gasteiger partial charge in [-0.05, 0) is 57.2 Å². The molecule has 1 heterocycles. The van der Waals surface area contributed by atoms with Crippen molar-refractivity contribution in [3.8, 4) is 5.75 Å². The number of likely N-dealkylation sites (tertiary alicyclic amines) is 1. The van der Waals surface area contributed by atoms with Crippen LogP contribution in [0.15, 0.2) is 18.2 Å². The van der Waals surface area contributed by atoms with Crippen LogP contribution in [0.5, 0.6) is 5.75 Å². The second-order valence-electron chi connectivity index (χ2n) is 7.07. The Kier molecular flexibility index (Phi) is 5.36. The molecule has 0 unspecified atom stereocenters. The monoisotopic (exact) mass is 334 g/mol. The van der Waals surface area contributed by atoms with Crippen molar-refractivity contribution in [3.63, 3.8) is 0 Å². The van der Waals surface area contributed by atoms with Crippen molar-refractivity contribution in [3.05, 3.63) is 29.3 Å². The van der Waals surface area contributed by atoms with E-state index < -0.39 is 11.5 Å². The molecule has 0 bridgehead atoms. The molecule has 2 amide bonds. The lowest BCUT2D eigenvalue weighted by atomic mass is 9.89. The molecule has 0 aliphatic carbocycles. The van der Waals surface area contributed by atoms with Crippen molar-refractivity contribution in [1.82, 2.24) is 4.90 Å². The van der Waals surface area contributed by atoms with Crippen molar-refractivity contribution in [2.75, 3.05) is 20.2 Å². The summed E-state index contributed by atoms with van der Waals surface area (Å²) in [7, 11) is 1.52. The third kappa shape index (κ3) is 4.40. The van der Waals surface area contributed by atoms with Gasteiger partial charge in [0.2, 0.25) is 0 Å².